The Morgan fingerprint density at radius 3 is 2.45 bits per heavy atom. The number of hydrogen-bond acceptors (Lipinski definition) is 5. The Bertz CT molecular complexity index is 1140. The number of rotatable bonds is 14. The first-order valence-electron chi connectivity index (χ1n) is 15.9. The van der Waals surface area contributed by atoms with Gasteiger partial charge in [-0.3, -0.25) is 4.79 Å². The molecule has 0 heterocycles. The van der Waals surface area contributed by atoms with Gasteiger partial charge in [0.1, 0.15) is 5.75 Å². The van der Waals surface area contributed by atoms with Crippen LogP contribution in [0.15, 0.2) is 42.5 Å². The van der Waals surface area contributed by atoms with Crippen LogP contribution in [0.5, 0.6) is 5.75 Å². The quantitative estimate of drug-likeness (QED) is 0.202. The van der Waals surface area contributed by atoms with Crippen molar-refractivity contribution in [1.82, 2.24) is 10.2 Å². The number of hydrogen-bond donors (Lipinski definition) is 3. The van der Waals surface area contributed by atoms with Gasteiger partial charge in [-0.05, 0) is 72.6 Å². The van der Waals surface area contributed by atoms with Crippen molar-refractivity contribution >= 4 is 14.2 Å². The number of carbonyl (C=O) groups is 1. The molecule has 0 radical (unpaired) electrons. The van der Waals surface area contributed by atoms with E-state index in [0.717, 1.165) is 36.4 Å². The molecule has 1 saturated carbocycles. The number of nitrogens with one attached hydrogen (secondary N) is 1. The average Bonchev–Trinajstić information content (AvgIpc) is 2.94. The molecule has 1 amide bonds. The maximum atomic E-state index is 13.0. The molecule has 1 aliphatic rings. The summed E-state index contributed by atoms with van der Waals surface area (Å²) in [6.07, 6.45) is 8.88. The van der Waals surface area contributed by atoms with E-state index in [2.05, 4.69) is 70.4 Å². The standard InChI is InChI=1S/C35H56N2O4Si/c1-26(36-24-33(41-42(6,7)35(2,3)4)30-16-17-32(39)31(23-30)25-38)20-28-14-11-15-29(21-28)22-34(40)37(5)19-18-27-12-9-8-10-13-27/h11,14-17,21,23,26-27,33,36,38-39H,8-10,12-13,18-20,22,24-25H2,1-7H3/t26-,33+/m1/s1. The number of phenols is 1. The van der Waals surface area contributed by atoms with E-state index < -0.39 is 8.32 Å². The molecule has 6 nitrogen and oxygen atoms in total. The maximum absolute atomic E-state index is 13.0. The van der Waals surface area contributed by atoms with Crippen molar-refractivity contribution in [3.8, 4) is 5.75 Å². The lowest BCUT2D eigenvalue weighted by Gasteiger charge is -2.40. The first kappa shape index (κ1) is 34.3. The summed E-state index contributed by atoms with van der Waals surface area (Å²) in [5, 5.41) is 23.6. The van der Waals surface area contributed by atoms with Crippen LogP contribution in [0.3, 0.4) is 0 Å². The Morgan fingerprint density at radius 1 is 1.10 bits per heavy atom. The van der Waals surface area contributed by atoms with Crippen LogP contribution in [0.1, 0.15) is 94.6 Å². The zero-order valence-electron chi connectivity index (χ0n) is 27.2. The third-order valence-corrected chi connectivity index (χ3v) is 13.9. The van der Waals surface area contributed by atoms with Gasteiger partial charge >= 0.3 is 0 Å². The molecule has 234 valence electrons. The molecule has 3 N–H and O–H groups in total. The molecule has 1 fully saturated rings. The number of aliphatic hydroxyl groups is 1. The second-order valence-corrected chi connectivity index (χ2v) is 18.8. The predicted molar refractivity (Wildman–Crippen MR) is 175 cm³/mol. The lowest BCUT2D eigenvalue weighted by atomic mass is 9.87. The van der Waals surface area contributed by atoms with Crippen molar-refractivity contribution in [3.05, 3.63) is 64.7 Å². The molecule has 0 saturated heterocycles. The van der Waals surface area contributed by atoms with Crippen molar-refractivity contribution < 1.29 is 19.4 Å². The molecular weight excluding hydrogens is 540 g/mol. The maximum Gasteiger partial charge on any atom is 0.226 e. The smallest absolute Gasteiger partial charge is 0.226 e. The van der Waals surface area contributed by atoms with Gasteiger partial charge in [0, 0.05) is 31.7 Å². The zero-order chi connectivity index (χ0) is 30.9. The van der Waals surface area contributed by atoms with Gasteiger partial charge in [0.2, 0.25) is 5.91 Å². The van der Waals surface area contributed by atoms with Gasteiger partial charge < -0.3 is 24.9 Å². The third-order valence-electron chi connectivity index (χ3n) is 9.45. The minimum Gasteiger partial charge on any atom is -0.508 e. The highest BCUT2D eigenvalue weighted by Gasteiger charge is 2.39. The number of nitrogens with zero attached hydrogens (tertiary/aromatic N) is 1. The van der Waals surface area contributed by atoms with Crippen molar-refractivity contribution in [2.75, 3.05) is 20.1 Å². The highest BCUT2D eigenvalue weighted by atomic mass is 28.4. The number of amides is 1. The second kappa shape index (κ2) is 15.5. The topological polar surface area (TPSA) is 82.0 Å². The molecule has 0 spiro atoms. The van der Waals surface area contributed by atoms with Gasteiger partial charge in [-0.2, -0.15) is 0 Å². The van der Waals surface area contributed by atoms with E-state index >= 15 is 0 Å². The third kappa shape index (κ3) is 10.2. The van der Waals surface area contributed by atoms with Crippen LogP contribution in [-0.4, -0.2) is 55.5 Å². The van der Waals surface area contributed by atoms with Gasteiger partial charge in [-0.15, -0.1) is 0 Å². The van der Waals surface area contributed by atoms with E-state index in [4.69, 9.17) is 4.43 Å². The van der Waals surface area contributed by atoms with Crippen LogP contribution in [-0.2, 0) is 28.7 Å². The summed E-state index contributed by atoms with van der Waals surface area (Å²) in [4.78, 5) is 14.9. The number of likely N-dealkylation sites (N-methyl/N-ethyl adjacent to an activating group) is 1. The Morgan fingerprint density at radius 2 is 1.79 bits per heavy atom. The fourth-order valence-corrected chi connectivity index (χ4v) is 6.86. The minimum absolute atomic E-state index is 0.0510. The SMILES string of the molecule is C[C@H](Cc1cccc(CC(=O)N(C)CCC2CCCCC2)c1)NC[C@H](O[Si](C)(C)C(C)(C)C)c1ccc(O)c(CO)c1. The Hall–Kier alpha value is -2.19. The lowest BCUT2D eigenvalue weighted by Crippen LogP contribution is -2.44. The van der Waals surface area contributed by atoms with Crippen molar-refractivity contribution in [3.63, 3.8) is 0 Å². The highest BCUT2D eigenvalue weighted by molar-refractivity contribution is 6.74. The molecule has 2 aromatic rings. The van der Waals surface area contributed by atoms with Crippen LogP contribution in [0.4, 0.5) is 0 Å². The summed E-state index contributed by atoms with van der Waals surface area (Å²) >= 11 is 0. The van der Waals surface area contributed by atoms with Gasteiger partial charge in [0.05, 0.1) is 19.1 Å². The highest BCUT2D eigenvalue weighted by Crippen LogP contribution is 2.40. The Kier molecular flexibility index (Phi) is 12.7. The van der Waals surface area contributed by atoms with Crippen LogP contribution in [0.2, 0.25) is 18.1 Å². The molecule has 2 aromatic carbocycles. The average molecular weight is 597 g/mol. The Labute approximate surface area is 256 Å². The van der Waals surface area contributed by atoms with E-state index in [-0.39, 0.29) is 35.4 Å². The van der Waals surface area contributed by atoms with E-state index in [9.17, 15) is 15.0 Å². The largest absolute Gasteiger partial charge is 0.508 e. The summed E-state index contributed by atoms with van der Waals surface area (Å²) in [7, 11) is -0.142. The molecule has 0 aliphatic heterocycles. The molecule has 42 heavy (non-hydrogen) atoms. The van der Waals surface area contributed by atoms with Crippen LogP contribution < -0.4 is 5.32 Å². The summed E-state index contributed by atoms with van der Waals surface area (Å²) in [5.41, 5.74) is 3.73. The molecule has 0 aromatic heterocycles. The fraction of sp³-hybridized carbons (Fsp3) is 0.629. The van der Waals surface area contributed by atoms with Crippen molar-refractivity contribution in [2.24, 2.45) is 5.92 Å². The summed E-state index contributed by atoms with van der Waals surface area (Å²) in [6, 6.07) is 14.0. The van der Waals surface area contributed by atoms with Gasteiger partial charge in [0.25, 0.3) is 0 Å². The molecular formula is C35H56N2O4Si. The monoisotopic (exact) mass is 596 g/mol. The van der Waals surface area contributed by atoms with E-state index in [1.54, 1.807) is 6.07 Å². The van der Waals surface area contributed by atoms with Crippen LogP contribution in [0.25, 0.3) is 0 Å². The molecule has 3 rings (SSSR count). The molecule has 2 atom stereocenters. The zero-order valence-corrected chi connectivity index (χ0v) is 28.2. The fourth-order valence-electron chi connectivity index (χ4n) is 5.58. The normalized spacial score (nSPS) is 16.3. The number of aliphatic hydroxyl groups excluding tert-OH is 1. The number of aromatic hydroxyl groups is 1. The Balaban J connectivity index is 1.60. The molecule has 7 heteroatoms. The van der Waals surface area contributed by atoms with E-state index in [1.807, 2.05) is 24.1 Å². The van der Waals surface area contributed by atoms with E-state index in [0.29, 0.717) is 18.5 Å². The molecule has 0 unspecified atom stereocenters. The molecule has 0 bridgehead atoms. The number of benzene rings is 2. The predicted octanol–water partition coefficient (Wildman–Crippen LogP) is 7.14. The minimum atomic E-state index is -2.09. The molecule has 1 aliphatic carbocycles. The first-order chi connectivity index (χ1) is 19.8. The summed E-state index contributed by atoms with van der Waals surface area (Å²) in [6.45, 7) is 14.6. The first-order valence-corrected chi connectivity index (χ1v) is 18.9. The van der Waals surface area contributed by atoms with E-state index in [1.165, 1.54) is 37.7 Å². The van der Waals surface area contributed by atoms with Gasteiger partial charge in [-0.25, -0.2) is 0 Å². The second-order valence-electron chi connectivity index (χ2n) is 14.0. The van der Waals surface area contributed by atoms with Crippen molar-refractivity contribution in [2.45, 2.75) is 116 Å². The van der Waals surface area contributed by atoms with Crippen LogP contribution in [0, 0.1) is 5.92 Å². The van der Waals surface area contributed by atoms with Crippen LogP contribution >= 0.6 is 0 Å². The number of carbonyl (C=O) groups excluding carboxylic acids is 1. The van der Waals surface area contributed by atoms with Gasteiger partial charge in [0.15, 0.2) is 8.32 Å². The van der Waals surface area contributed by atoms with Gasteiger partial charge in [-0.1, -0.05) is 83.2 Å². The lowest BCUT2D eigenvalue weighted by molar-refractivity contribution is -0.129. The summed E-state index contributed by atoms with van der Waals surface area (Å²) < 4.78 is 6.84. The van der Waals surface area contributed by atoms with Crippen molar-refractivity contribution in [1.29, 1.82) is 0 Å². The summed E-state index contributed by atoms with van der Waals surface area (Å²) in [5.74, 6) is 1.07.